The van der Waals surface area contributed by atoms with E-state index < -0.39 is 0 Å². The van der Waals surface area contributed by atoms with Gasteiger partial charge in [-0.1, -0.05) is 24.3 Å². The average molecular weight is 286 g/mol. The van der Waals surface area contributed by atoms with Crippen molar-refractivity contribution in [1.29, 1.82) is 0 Å². The second-order valence-corrected chi connectivity index (χ2v) is 6.12. The number of rotatable bonds is 3. The van der Waals surface area contributed by atoms with Gasteiger partial charge in [-0.25, -0.2) is 0 Å². The molecule has 2 fully saturated rings. The molecule has 3 rings (SSSR count). The Bertz CT molecular complexity index is 518. The van der Waals surface area contributed by atoms with Crippen molar-refractivity contribution in [1.82, 2.24) is 10.6 Å². The molecule has 2 saturated heterocycles. The van der Waals surface area contributed by atoms with Gasteiger partial charge in [0.15, 0.2) is 0 Å². The number of hydrogen-bond acceptors (Lipinski definition) is 3. The van der Waals surface area contributed by atoms with Gasteiger partial charge in [-0.05, 0) is 55.8 Å². The third-order valence-electron chi connectivity index (χ3n) is 4.63. The molecule has 21 heavy (non-hydrogen) atoms. The van der Waals surface area contributed by atoms with Crippen LogP contribution in [0.1, 0.15) is 42.7 Å². The van der Waals surface area contributed by atoms with Gasteiger partial charge in [0.2, 0.25) is 11.8 Å². The van der Waals surface area contributed by atoms with Gasteiger partial charge in [0.05, 0.1) is 0 Å². The van der Waals surface area contributed by atoms with Crippen molar-refractivity contribution in [2.24, 2.45) is 5.92 Å². The quantitative estimate of drug-likeness (QED) is 0.832. The summed E-state index contributed by atoms with van der Waals surface area (Å²) in [5.74, 6) is 0.342. The lowest BCUT2D eigenvalue weighted by atomic mass is 9.87. The Balaban J connectivity index is 1.61. The van der Waals surface area contributed by atoms with E-state index in [1.807, 2.05) is 0 Å². The minimum absolute atomic E-state index is 0.0626. The van der Waals surface area contributed by atoms with Crippen LogP contribution in [0.2, 0.25) is 0 Å². The van der Waals surface area contributed by atoms with E-state index >= 15 is 0 Å². The minimum Gasteiger partial charge on any atom is -0.317 e. The van der Waals surface area contributed by atoms with Gasteiger partial charge in [0.25, 0.3) is 0 Å². The minimum atomic E-state index is -0.141. The highest BCUT2D eigenvalue weighted by atomic mass is 16.2. The lowest BCUT2D eigenvalue weighted by Gasteiger charge is -2.24. The third kappa shape index (κ3) is 3.50. The molecule has 4 heteroatoms. The first-order chi connectivity index (χ1) is 10.2. The second kappa shape index (κ2) is 6.39. The first-order valence-electron chi connectivity index (χ1n) is 7.85. The van der Waals surface area contributed by atoms with Gasteiger partial charge in [-0.3, -0.25) is 14.9 Å². The molecule has 2 aliphatic rings. The summed E-state index contributed by atoms with van der Waals surface area (Å²) < 4.78 is 0. The van der Waals surface area contributed by atoms with Crippen molar-refractivity contribution >= 4 is 11.8 Å². The molecule has 1 unspecified atom stereocenters. The lowest BCUT2D eigenvalue weighted by Crippen LogP contribution is -2.41. The van der Waals surface area contributed by atoms with Crippen molar-refractivity contribution in [2.45, 2.75) is 38.0 Å². The summed E-state index contributed by atoms with van der Waals surface area (Å²) in [7, 11) is 0. The fourth-order valence-corrected chi connectivity index (χ4v) is 3.30. The molecule has 1 aromatic rings. The van der Waals surface area contributed by atoms with Crippen molar-refractivity contribution in [3.05, 3.63) is 35.4 Å². The first-order valence-corrected chi connectivity index (χ1v) is 7.85. The van der Waals surface area contributed by atoms with Crippen LogP contribution in [0.25, 0.3) is 0 Å². The average Bonchev–Trinajstić information content (AvgIpc) is 2.52. The molecule has 2 aliphatic heterocycles. The molecule has 4 nitrogen and oxygen atoms in total. The van der Waals surface area contributed by atoms with Gasteiger partial charge in [0.1, 0.15) is 0 Å². The molecule has 112 valence electrons. The second-order valence-electron chi connectivity index (χ2n) is 6.12. The highest BCUT2D eigenvalue weighted by Crippen LogP contribution is 2.26. The Labute approximate surface area is 125 Å². The molecule has 1 atom stereocenters. The van der Waals surface area contributed by atoms with Crippen LogP contribution in [0.3, 0.4) is 0 Å². The first kappa shape index (κ1) is 14.3. The molecule has 1 aromatic carbocycles. The van der Waals surface area contributed by atoms with E-state index in [1.54, 1.807) is 0 Å². The van der Waals surface area contributed by atoms with E-state index in [-0.39, 0.29) is 17.7 Å². The zero-order chi connectivity index (χ0) is 14.7. The highest BCUT2D eigenvalue weighted by molar-refractivity contribution is 5.98. The molecule has 0 spiro atoms. The number of piperidine rings is 2. The largest absolute Gasteiger partial charge is 0.317 e. The predicted molar refractivity (Wildman–Crippen MR) is 80.9 cm³/mol. The normalized spacial score (nSPS) is 23.9. The van der Waals surface area contributed by atoms with Crippen LogP contribution in [0.5, 0.6) is 0 Å². The maximum Gasteiger partial charge on any atom is 0.230 e. The Morgan fingerprint density at radius 1 is 1.00 bits per heavy atom. The standard InChI is InChI=1S/C17H22N2O2/c20-16-6-5-15(17(21)19-16)11-12-1-3-13(4-2-12)14-7-9-18-10-8-14/h1-4,14-15,18H,5-11H2,(H,19,20,21). The Kier molecular flexibility index (Phi) is 4.34. The molecule has 0 aromatic heterocycles. The molecular weight excluding hydrogens is 264 g/mol. The molecular formula is C17H22N2O2. The summed E-state index contributed by atoms with van der Waals surface area (Å²) in [5.41, 5.74) is 2.59. The van der Waals surface area contributed by atoms with E-state index in [4.69, 9.17) is 0 Å². The smallest absolute Gasteiger partial charge is 0.230 e. The number of hydrogen-bond donors (Lipinski definition) is 2. The summed E-state index contributed by atoms with van der Waals surface area (Å²) in [6.45, 7) is 2.20. The van der Waals surface area contributed by atoms with Crippen molar-refractivity contribution in [3.8, 4) is 0 Å². The summed E-state index contributed by atoms with van der Waals surface area (Å²) in [5, 5.41) is 5.81. The number of amides is 2. The summed E-state index contributed by atoms with van der Waals surface area (Å²) in [6.07, 6.45) is 4.26. The topological polar surface area (TPSA) is 58.2 Å². The van der Waals surface area contributed by atoms with Crippen molar-refractivity contribution < 1.29 is 9.59 Å². The van der Waals surface area contributed by atoms with E-state index in [2.05, 4.69) is 34.9 Å². The molecule has 0 saturated carbocycles. The van der Waals surface area contributed by atoms with E-state index in [0.29, 0.717) is 18.8 Å². The van der Waals surface area contributed by atoms with E-state index in [1.165, 1.54) is 24.0 Å². The third-order valence-corrected chi connectivity index (χ3v) is 4.63. The fourth-order valence-electron chi connectivity index (χ4n) is 3.30. The number of benzene rings is 1. The predicted octanol–water partition coefficient (Wildman–Crippen LogP) is 1.75. The summed E-state index contributed by atoms with van der Waals surface area (Å²) in [6, 6.07) is 8.69. The number of imide groups is 1. The van der Waals surface area contributed by atoms with Crippen molar-refractivity contribution in [3.63, 3.8) is 0 Å². The zero-order valence-corrected chi connectivity index (χ0v) is 12.2. The van der Waals surface area contributed by atoms with Crippen LogP contribution in [0.15, 0.2) is 24.3 Å². The number of carbonyl (C=O) groups excluding carboxylic acids is 2. The molecule has 2 N–H and O–H groups in total. The van der Waals surface area contributed by atoms with Gasteiger partial charge < -0.3 is 5.32 Å². The van der Waals surface area contributed by atoms with Crippen LogP contribution in [0, 0.1) is 5.92 Å². The summed E-state index contributed by atoms with van der Waals surface area (Å²) in [4.78, 5) is 22.9. The lowest BCUT2D eigenvalue weighted by molar-refractivity contribution is -0.136. The van der Waals surface area contributed by atoms with Gasteiger partial charge in [-0.15, -0.1) is 0 Å². The zero-order valence-electron chi connectivity index (χ0n) is 12.2. The van der Waals surface area contributed by atoms with Crippen LogP contribution in [0.4, 0.5) is 0 Å². The van der Waals surface area contributed by atoms with Crippen LogP contribution in [-0.2, 0) is 16.0 Å². The van der Waals surface area contributed by atoms with Gasteiger partial charge >= 0.3 is 0 Å². The van der Waals surface area contributed by atoms with E-state index in [9.17, 15) is 9.59 Å². The highest BCUT2D eigenvalue weighted by Gasteiger charge is 2.26. The van der Waals surface area contributed by atoms with Crippen LogP contribution < -0.4 is 10.6 Å². The van der Waals surface area contributed by atoms with Crippen molar-refractivity contribution in [2.75, 3.05) is 13.1 Å². The fraction of sp³-hybridized carbons (Fsp3) is 0.529. The maximum atomic E-state index is 11.8. The molecule has 0 radical (unpaired) electrons. The molecule has 2 amide bonds. The molecule has 2 heterocycles. The molecule has 0 aliphatic carbocycles. The molecule has 0 bridgehead atoms. The van der Waals surface area contributed by atoms with Crippen LogP contribution in [-0.4, -0.2) is 24.9 Å². The number of nitrogens with one attached hydrogen (secondary N) is 2. The maximum absolute atomic E-state index is 11.8. The number of carbonyl (C=O) groups is 2. The van der Waals surface area contributed by atoms with Crippen LogP contribution >= 0.6 is 0 Å². The van der Waals surface area contributed by atoms with Gasteiger partial charge in [-0.2, -0.15) is 0 Å². The monoisotopic (exact) mass is 286 g/mol. The summed E-state index contributed by atoms with van der Waals surface area (Å²) >= 11 is 0. The Morgan fingerprint density at radius 3 is 2.38 bits per heavy atom. The Hall–Kier alpha value is -1.68. The van der Waals surface area contributed by atoms with E-state index in [0.717, 1.165) is 19.5 Å². The SMILES string of the molecule is O=C1CCC(Cc2ccc(C3CCNCC3)cc2)C(=O)N1. The Morgan fingerprint density at radius 2 is 1.71 bits per heavy atom. The van der Waals surface area contributed by atoms with Gasteiger partial charge in [0, 0.05) is 12.3 Å².